The third-order valence-corrected chi connectivity index (χ3v) is 5.04. The van der Waals surface area contributed by atoms with E-state index in [4.69, 9.17) is 4.74 Å². The van der Waals surface area contributed by atoms with Gasteiger partial charge in [0.15, 0.2) is 0 Å². The average molecular weight is 340 g/mol. The molecule has 1 aliphatic rings. The maximum Gasteiger partial charge on any atom is 0.407 e. The maximum absolute atomic E-state index is 11.7. The van der Waals surface area contributed by atoms with Crippen LogP contribution in [0.5, 0.6) is 0 Å². The minimum atomic E-state index is -0.442. The molecule has 1 heterocycles. The molecule has 2 rings (SSSR count). The molecule has 130 valence electrons. The van der Waals surface area contributed by atoms with Crippen molar-refractivity contribution in [2.75, 3.05) is 0 Å². The molecule has 0 bridgehead atoms. The van der Waals surface area contributed by atoms with Gasteiger partial charge in [0.1, 0.15) is 5.60 Å². The number of ether oxygens (including phenoxy) is 1. The summed E-state index contributed by atoms with van der Waals surface area (Å²) in [6, 6.07) is 0.670. The summed E-state index contributed by atoms with van der Waals surface area (Å²) in [5.41, 5.74) is -0.329. The first-order valence-corrected chi connectivity index (χ1v) is 9.03. The second-order valence-electron chi connectivity index (χ2n) is 8.27. The Morgan fingerprint density at radius 3 is 2.43 bits per heavy atom. The van der Waals surface area contributed by atoms with Gasteiger partial charge in [0.05, 0.1) is 5.01 Å². The summed E-state index contributed by atoms with van der Waals surface area (Å²) in [5, 5.41) is 7.62. The Morgan fingerprint density at radius 2 is 1.91 bits per heavy atom. The highest BCUT2D eigenvalue weighted by molar-refractivity contribution is 7.11. The molecule has 0 aliphatic heterocycles. The summed E-state index contributed by atoms with van der Waals surface area (Å²) in [7, 11) is 0. The lowest BCUT2D eigenvalue weighted by molar-refractivity contribution is 0.0465. The van der Waals surface area contributed by atoms with Crippen LogP contribution in [0.1, 0.15) is 64.3 Å². The van der Waals surface area contributed by atoms with Gasteiger partial charge in [-0.3, -0.25) is 0 Å². The second-order valence-corrected chi connectivity index (χ2v) is 9.39. The van der Waals surface area contributed by atoms with Crippen molar-refractivity contribution in [1.29, 1.82) is 0 Å². The zero-order valence-corrected chi connectivity index (χ0v) is 15.8. The molecule has 0 aromatic carbocycles. The van der Waals surface area contributed by atoms with Crippen LogP contribution in [0.2, 0.25) is 0 Å². The SMILES string of the molecule is CC(C)(C)OC(=O)NC1CC(NCc2cnc(C(C)(C)C)s2)C1. The normalized spacial score (nSPS) is 21.7. The molecule has 1 aromatic rings. The molecule has 0 spiro atoms. The van der Waals surface area contributed by atoms with E-state index >= 15 is 0 Å². The molecule has 1 fully saturated rings. The number of alkyl carbamates (subject to hydrolysis) is 1. The van der Waals surface area contributed by atoms with Crippen LogP contribution in [0.4, 0.5) is 4.79 Å². The van der Waals surface area contributed by atoms with Crippen molar-refractivity contribution >= 4 is 17.4 Å². The monoisotopic (exact) mass is 339 g/mol. The molecule has 23 heavy (non-hydrogen) atoms. The van der Waals surface area contributed by atoms with Gasteiger partial charge in [0, 0.05) is 35.1 Å². The molecule has 1 aliphatic carbocycles. The number of nitrogens with zero attached hydrogens (tertiary/aromatic N) is 1. The number of hydrogen-bond donors (Lipinski definition) is 2. The highest BCUT2D eigenvalue weighted by Gasteiger charge is 2.31. The smallest absolute Gasteiger partial charge is 0.407 e. The Labute approximate surface area is 143 Å². The number of hydrogen-bond acceptors (Lipinski definition) is 5. The van der Waals surface area contributed by atoms with E-state index in [9.17, 15) is 4.79 Å². The van der Waals surface area contributed by atoms with E-state index in [1.807, 2.05) is 27.0 Å². The number of rotatable bonds is 4. The fraction of sp³-hybridized carbons (Fsp3) is 0.765. The lowest BCUT2D eigenvalue weighted by Gasteiger charge is -2.36. The van der Waals surface area contributed by atoms with E-state index in [0.717, 1.165) is 19.4 Å². The third kappa shape index (κ3) is 5.77. The molecule has 6 heteroatoms. The number of thiazole rings is 1. The fourth-order valence-corrected chi connectivity index (χ4v) is 3.28. The zero-order valence-electron chi connectivity index (χ0n) is 15.0. The van der Waals surface area contributed by atoms with E-state index in [0.29, 0.717) is 6.04 Å². The van der Waals surface area contributed by atoms with Gasteiger partial charge in [-0.05, 0) is 33.6 Å². The van der Waals surface area contributed by atoms with Crippen LogP contribution in [0, 0.1) is 0 Å². The Morgan fingerprint density at radius 1 is 1.26 bits per heavy atom. The Kier molecular flexibility index (Phi) is 5.36. The van der Waals surface area contributed by atoms with E-state index < -0.39 is 5.60 Å². The molecule has 0 unspecified atom stereocenters. The summed E-state index contributed by atoms with van der Waals surface area (Å²) >= 11 is 1.77. The van der Waals surface area contributed by atoms with E-state index in [1.54, 1.807) is 11.3 Å². The molecular formula is C17H29N3O2S. The first-order valence-electron chi connectivity index (χ1n) is 8.21. The third-order valence-electron chi connectivity index (χ3n) is 3.62. The fourth-order valence-electron chi connectivity index (χ4n) is 2.36. The molecule has 5 nitrogen and oxygen atoms in total. The molecule has 0 atom stereocenters. The first kappa shape index (κ1) is 18.2. The van der Waals surface area contributed by atoms with Crippen LogP contribution in [0.3, 0.4) is 0 Å². The Bertz CT molecular complexity index is 537. The molecule has 0 saturated heterocycles. The van der Waals surface area contributed by atoms with Crippen LogP contribution in [0.25, 0.3) is 0 Å². The zero-order chi connectivity index (χ0) is 17.3. The van der Waals surface area contributed by atoms with E-state index in [2.05, 4.69) is 36.4 Å². The van der Waals surface area contributed by atoms with Crippen molar-refractivity contribution in [2.24, 2.45) is 0 Å². The Hall–Kier alpha value is -1.14. The maximum atomic E-state index is 11.7. The molecule has 1 saturated carbocycles. The van der Waals surface area contributed by atoms with Crippen molar-refractivity contribution in [1.82, 2.24) is 15.6 Å². The predicted molar refractivity (Wildman–Crippen MR) is 93.8 cm³/mol. The average Bonchev–Trinajstić information content (AvgIpc) is 2.77. The van der Waals surface area contributed by atoms with E-state index in [-0.39, 0.29) is 17.6 Å². The van der Waals surface area contributed by atoms with Gasteiger partial charge in [0.2, 0.25) is 0 Å². The van der Waals surface area contributed by atoms with Crippen molar-refractivity contribution in [3.8, 4) is 0 Å². The summed E-state index contributed by atoms with van der Waals surface area (Å²) < 4.78 is 5.27. The number of nitrogens with one attached hydrogen (secondary N) is 2. The molecule has 1 aromatic heterocycles. The topological polar surface area (TPSA) is 63.2 Å². The van der Waals surface area contributed by atoms with Crippen molar-refractivity contribution in [3.05, 3.63) is 16.1 Å². The lowest BCUT2D eigenvalue weighted by Crippen LogP contribution is -2.52. The minimum absolute atomic E-state index is 0.113. The first-order chi connectivity index (χ1) is 10.5. The minimum Gasteiger partial charge on any atom is -0.444 e. The Balaban J connectivity index is 1.67. The number of carbonyl (C=O) groups is 1. The lowest BCUT2D eigenvalue weighted by atomic mass is 9.87. The van der Waals surface area contributed by atoms with E-state index in [1.165, 1.54) is 9.88 Å². The van der Waals surface area contributed by atoms with Gasteiger partial charge in [-0.2, -0.15) is 0 Å². The summed E-state index contributed by atoms with van der Waals surface area (Å²) in [5.74, 6) is 0. The van der Waals surface area contributed by atoms with Crippen LogP contribution >= 0.6 is 11.3 Å². The van der Waals surface area contributed by atoms with Crippen LogP contribution in [-0.2, 0) is 16.7 Å². The highest BCUT2D eigenvalue weighted by atomic mass is 32.1. The standard InChI is InChI=1S/C17H29N3O2S/c1-16(2,3)14-19-10-13(23-14)9-18-11-7-12(8-11)20-15(21)22-17(4,5)6/h10-12,18H,7-9H2,1-6H3,(H,20,21). The van der Waals surface area contributed by atoms with Crippen LogP contribution < -0.4 is 10.6 Å². The highest BCUT2D eigenvalue weighted by Crippen LogP contribution is 2.27. The predicted octanol–water partition coefficient (Wildman–Crippen LogP) is 3.59. The summed E-state index contributed by atoms with van der Waals surface area (Å²) in [6.45, 7) is 13.0. The van der Waals surface area contributed by atoms with Crippen molar-refractivity contribution in [2.45, 2.75) is 84.0 Å². The van der Waals surface area contributed by atoms with Gasteiger partial charge >= 0.3 is 6.09 Å². The number of carbonyl (C=O) groups excluding carboxylic acids is 1. The van der Waals surface area contributed by atoms with Gasteiger partial charge in [0.25, 0.3) is 0 Å². The van der Waals surface area contributed by atoms with Crippen LogP contribution in [-0.4, -0.2) is 28.8 Å². The number of amides is 1. The van der Waals surface area contributed by atoms with Gasteiger partial charge in [-0.1, -0.05) is 20.8 Å². The molecule has 2 N–H and O–H groups in total. The second kappa shape index (κ2) is 6.77. The molecule has 1 amide bonds. The largest absolute Gasteiger partial charge is 0.444 e. The van der Waals surface area contributed by atoms with Gasteiger partial charge in [-0.25, -0.2) is 9.78 Å². The molecule has 0 radical (unpaired) electrons. The van der Waals surface area contributed by atoms with Gasteiger partial charge < -0.3 is 15.4 Å². The summed E-state index contributed by atoms with van der Waals surface area (Å²) in [6.07, 6.45) is 3.54. The summed E-state index contributed by atoms with van der Waals surface area (Å²) in [4.78, 5) is 17.4. The number of aromatic nitrogens is 1. The van der Waals surface area contributed by atoms with Crippen molar-refractivity contribution < 1.29 is 9.53 Å². The quantitative estimate of drug-likeness (QED) is 0.880. The molecular weight excluding hydrogens is 310 g/mol. The van der Waals surface area contributed by atoms with Crippen LogP contribution in [0.15, 0.2) is 6.20 Å². The van der Waals surface area contributed by atoms with Crippen molar-refractivity contribution in [3.63, 3.8) is 0 Å². The van der Waals surface area contributed by atoms with Gasteiger partial charge in [-0.15, -0.1) is 11.3 Å².